The molecule has 1 N–H and O–H groups in total. The summed E-state index contributed by atoms with van der Waals surface area (Å²) in [6, 6.07) is 11.4. The molecule has 2 aromatic heterocycles. The quantitative estimate of drug-likeness (QED) is 0.507. The fourth-order valence-corrected chi connectivity index (χ4v) is 5.03. The molecule has 9 heteroatoms. The van der Waals surface area contributed by atoms with Crippen LogP contribution < -0.4 is 5.32 Å². The molecule has 3 aromatic rings. The Bertz CT molecular complexity index is 1120. The van der Waals surface area contributed by atoms with Crippen LogP contribution in [0.2, 0.25) is 0 Å². The fourth-order valence-electron chi connectivity index (χ4n) is 3.75. The number of para-hydroxylation sites is 2. The number of nitrogens with zero attached hydrogens (tertiary/aromatic N) is 3. The first-order valence-electron chi connectivity index (χ1n) is 10.2. The van der Waals surface area contributed by atoms with E-state index in [0.29, 0.717) is 23.9 Å². The Balaban J connectivity index is 1.61. The normalized spacial score (nSPS) is 16.6. The fraction of sp³-hybridized carbons (Fsp3) is 0.409. The third kappa shape index (κ3) is 4.93. The lowest BCUT2D eigenvalue weighted by molar-refractivity contribution is 0.0215. The number of nitrogens with one attached hydrogen (secondary N) is 1. The summed E-state index contributed by atoms with van der Waals surface area (Å²) in [7, 11) is 0. The Morgan fingerprint density at radius 2 is 2.03 bits per heavy atom. The van der Waals surface area contributed by atoms with Gasteiger partial charge in [-0.05, 0) is 73.8 Å². The van der Waals surface area contributed by atoms with Gasteiger partial charge in [-0.3, -0.25) is 10.1 Å². The number of carbonyl (C=O) groups excluding carboxylic acids is 2. The van der Waals surface area contributed by atoms with Gasteiger partial charge in [-0.2, -0.15) is 0 Å². The second-order valence-electron chi connectivity index (χ2n) is 8.56. The molecule has 1 atom stereocenters. The zero-order chi connectivity index (χ0) is 22.2. The van der Waals surface area contributed by atoms with Crippen LogP contribution in [0.5, 0.6) is 0 Å². The van der Waals surface area contributed by atoms with E-state index < -0.39 is 5.60 Å². The van der Waals surface area contributed by atoms with Crippen molar-refractivity contribution >= 4 is 56.2 Å². The van der Waals surface area contributed by atoms with Crippen molar-refractivity contribution in [3.05, 3.63) is 45.1 Å². The van der Waals surface area contributed by atoms with Crippen LogP contribution in [-0.4, -0.2) is 44.6 Å². The van der Waals surface area contributed by atoms with Crippen LogP contribution >= 0.6 is 27.3 Å². The molecule has 0 unspecified atom stereocenters. The Labute approximate surface area is 193 Å². The Kier molecular flexibility index (Phi) is 6.07. The van der Waals surface area contributed by atoms with Gasteiger partial charge in [-0.15, -0.1) is 11.3 Å². The zero-order valence-corrected chi connectivity index (χ0v) is 20.1. The number of fused-ring (bicyclic) bond motifs is 1. The molecule has 1 saturated heterocycles. The van der Waals surface area contributed by atoms with Crippen molar-refractivity contribution in [3.63, 3.8) is 0 Å². The van der Waals surface area contributed by atoms with Gasteiger partial charge in [0, 0.05) is 13.1 Å². The third-order valence-electron chi connectivity index (χ3n) is 5.08. The number of hydrogen-bond donors (Lipinski definition) is 1. The highest BCUT2D eigenvalue weighted by Crippen LogP contribution is 2.28. The van der Waals surface area contributed by atoms with E-state index in [2.05, 4.69) is 26.2 Å². The molecule has 0 spiro atoms. The lowest BCUT2D eigenvalue weighted by Gasteiger charge is -2.29. The summed E-state index contributed by atoms with van der Waals surface area (Å²) in [4.78, 5) is 32.5. The number of halogens is 1. The van der Waals surface area contributed by atoms with Crippen LogP contribution in [-0.2, 0) is 11.3 Å². The van der Waals surface area contributed by atoms with Crippen molar-refractivity contribution in [2.75, 3.05) is 11.9 Å². The first-order chi connectivity index (χ1) is 14.7. The van der Waals surface area contributed by atoms with E-state index in [1.165, 1.54) is 11.3 Å². The third-order valence-corrected chi connectivity index (χ3v) is 6.70. The number of amides is 2. The summed E-state index contributed by atoms with van der Waals surface area (Å²) >= 11 is 4.76. The second-order valence-corrected chi connectivity index (χ2v) is 11.0. The molecule has 7 nitrogen and oxygen atoms in total. The van der Waals surface area contributed by atoms with E-state index >= 15 is 0 Å². The maximum absolute atomic E-state index is 12.8. The van der Waals surface area contributed by atoms with Crippen LogP contribution in [0.3, 0.4) is 0 Å². The van der Waals surface area contributed by atoms with E-state index in [-0.39, 0.29) is 18.0 Å². The van der Waals surface area contributed by atoms with Gasteiger partial charge in [0.2, 0.25) is 5.95 Å². The minimum Gasteiger partial charge on any atom is -0.444 e. The van der Waals surface area contributed by atoms with Gasteiger partial charge in [0.15, 0.2) is 0 Å². The van der Waals surface area contributed by atoms with Gasteiger partial charge in [0.05, 0.1) is 25.7 Å². The van der Waals surface area contributed by atoms with Crippen LogP contribution in [0.4, 0.5) is 10.7 Å². The van der Waals surface area contributed by atoms with E-state index in [1.807, 2.05) is 55.7 Å². The van der Waals surface area contributed by atoms with Crippen molar-refractivity contribution in [3.8, 4) is 0 Å². The van der Waals surface area contributed by atoms with Crippen LogP contribution in [0, 0.1) is 0 Å². The molecule has 2 amide bonds. The minimum atomic E-state index is -0.542. The van der Waals surface area contributed by atoms with Gasteiger partial charge in [0.25, 0.3) is 5.91 Å². The summed E-state index contributed by atoms with van der Waals surface area (Å²) in [6.07, 6.45) is 1.49. The van der Waals surface area contributed by atoms with Crippen molar-refractivity contribution in [1.29, 1.82) is 0 Å². The number of thiophene rings is 1. The Morgan fingerprint density at radius 1 is 1.26 bits per heavy atom. The highest BCUT2D eigenvalue weighted by atomic mass is 79.9. The lowest BCUT2D eigenvalue weighted by Crippen LogP contribution is -2.41. The molecule has 0 aliphatic carbocycles. The molecular formula is C22H25BrN4O3S. The largest absolute Gasteiger partial charge is 0.444 e. The molecule has 3 heterocycles. The summed E-state index contributed by atoms with van der Waals surface area (Å²) in [5.74, 6) is 0.273. The molecule has 0 radical (unpaired) electrons. The smallest absolute Gasteiger partial charge is 0.410 e. The van der Waals surface area contributed by atoms with Gasteiger partial charge >= 0.3 is 6.09 Å². The number of hydrogen-bond acceptors (Lipinski definition) is 5. The summed E-state index contributed by atoms with van der Waals surface area (Å²) in [5, 5.41) is 2.95. The molecule has 1 fully saturated rings. The number of imidazole rings is 1. The number of benzene rings is 1. The molecule has 1 aliphatic heterocycles. The Morgan fingerprint density at radius 3 is 2.74 bits per heavy atom. The standard InChI is InChI=1S/C22H25BrN4O3S/c1-22(2,3)30-21(29)26-12-6-7-14(26)13-27-16-9-5-4-8-15(16)24-20(27)25-19(28)17-10-11-18(23)31-17/h4-5,8-11,14H,6-7,12-13H2,1-3H3,(H,24,25,28)/t14-/m1/s1. The molecule has 0 saturated carbocycles. The van der Waals surface area contributed by atoms with Gasteiger partial charge < -0.3 is 14.2 Å². The highest BCUT2D eigenvalue weighted by molar-refractivity contribution is 9.11. The van der Waals surface area contributed by atoms with E-state index in [1.54, 1.807) is 11.0 Å². The first-order valence-corrected chi connectivity index (χ1v) is 11.8. The molecule has 4 rings (SSSR count). The van der Waals surface area contributed by atoms with Crippen molar-refractivity contribution in [2.24, 2.45) is 0 Å². The predicted octanol–water partition coefficient (Wildman–Crippen LogP) is 5.51. The van der Waals surface area contributed by atoms with E-state index in [0.717, 1.165) is 27.7 Å². The molecule has 31 heavy (non-hydrogen) atoms. The number of rotatable bonds is 4. The zero-order valence-electron chi connectivity index (χ0n) is 17.7. The molecular weight excluding hydrogens is 480 g/mol. The van der Waals surface area contributed by atoms with E-state index in [4.69, 9.17) is 4.74 Å². The molecule has 1 aliphatic rings. The number of carbonyl (C=O) groups is 2. The Hall–Kier alpha value is -2.39. The number of likely N-dealkylation sites (tertiary alicyclic amines) is 1. The number of anilines is 1. The second kappa shape index (κ2) is 8.63. The van der Waals surface area contributed by atoms with Crippen LogP contribution in [0.1, 0.15) is 43.3 Å². The first kappa shape index (κ1) is 21.8. The van der Waals surface area contributed by atoms with Crippen molar-refractivity contribution in [2.45, 2.75) is 51.8 Å². The van der Waals surface area contributed by atoms with Crippen molar-refractivity contribution < 1.29 is 14.3 Å². The summed E-state index contributed by atoms with van der Waals surface area (Å²) in [6.45, 7) is 6.81. The maximum Gasteiger partial charge on any atom is 0.410 e. The molecule has 164 valence electrons. The average molecular weight is 505 g/mol. The lowest BCUT2D eigenvalue weighted by atomic mass is 10.2. The number of aromatic nitrogens is 2. The topological polar surface area (TPSA) is 76.5 Å². The SMILES string of the molecule is CC(C)(C)OC(=O)N1CCC[C@@H]1Cn1c(NC(=O)c2ccc(Br)s2)nc2ccccc21. The number of ether oxygens (including phenoxy) is 1. The van der Waals surface area contributed by atoms with Gasteiger partial charge in [-0.25, -0.2) is 9.78 Å². The van der Waals surface area contributed by atoms with Gasteiger partial charge in [-0.1, -0.05) is 12.1 Å². The van der Waals surface area contributed by atoms with Crippen LogP contribution in [0.25, 0.3) is 11.0 Å². The predicted molar refractivity (Wildman–Crippen MR) is 126 cm³/mol. The van der Waals surface area contributed by atoms with Crippen molar-refractivity contribution in [1.82, 2.24) is 14.5 Å². The average Bonchev–Trinajstić information content (AvgIpc) is 3.40. The molecule has 1 aromatic carbocycles. The van der Waals surface area contributed by atoms with E-state index in [9.17, 15) is 9.59 Å². The molecule has 0 bridgehead atoms. The summed E-state index contributed by atoms with van der Waals surface area (Å²) in [5.41, 5.74) is 1.17. The monoisotopic (exact) mass is 504 g/mol. The highest BCUT2D eigenvalue weighted by Gasteiger charge is 2.33. The minimum absolute atomic E-state index is 0.0287. The summed E-state index contributed by atoms with van der Waals surface area (Å²) < 4.78 is 8.49. The van der Waals surface area contributed by atoms with Gasteiger partial charge in [0.1, 0.15) is 5.60 Å². The maximum atomic E-state index is 12.8. The van der Waals surface area contributed by atoms with Crippen LogP contribution in [0.15, 0.2) is 40.2 Å².